The van der Waals surface area contributed by atoms with Gasteiger partial charge in [-0.15, -0.1) is 0 Å². The van der Waals surface area contributed by atoms with Crippen molar-refractivity contribution in [2.24, 2.45) is 5.73 Å². The molecule has 0 amide bonds. The van der Waals surface area contributed by atoms with Crippen molar-refractivity contribution in [1.82, 2.24) is 14.9 Å². The van der Waals surface area contributed by atoms with Crippen LogP contribution in [-0.4, -0.2) is 45.5 Å². The molecule has 0 bridgehead atoms. The number of hydrogen-bond acceptors (Lipinski definition) is 5. The van der Waals surface area contributed by atoms with Gasteiger partial charge in [-0.1, -0.05) is 26.1 Å². The number of rotatable bonds is 9. The van der Waals surface area contributed by atoms with Crippen LogP contribution in [0.15, 0.2) is 12.3 Å². The first-order valence-corrected chi connectivity index (χ1v) is 7.59. The molecular weight excluding hydrogens is 270 g/mol. The molecule has 20 heavy (non-hydrogen) atoms. The molecule has 1 rings (SSSR count). The molecule has 0 aliphatic rings. The van der Waals surface area contributed by atoms with Gasteiger partial charge in [0.05, 0.1) is 0 Å². The van der Waals surface area contributed by atoms with Crippen LogP contribution in [0.2, 0.25) is 0 Å². The lowest BCUT2D eigenvalue weighted by Crippen LogP contribution is -2.26. The van der Waals surface area contributed by atoms with Crippen LogP contribution < -0.4 is 11.1 Å². The molecule has 1 aromatic rings. The van der Waals surface area contributed by atoms with Gasteiger partial charge in [-0.3, -0.25) is 0 Å². The van der Waals surface area contributed by atoms with Gasteiger partial charge in [-0.25, -0.2) is 9.97 Å². The summed E-state index contributed by atoms with van der Waals surface area (Å²) in [5.74, 6) is 0.589. The second kappa shape index (κ2) is 8.81. The van der Waals surface area contributed by atoms with Gasteiger partial charge in [-0.2, -0.15) is 0 Å². The standard InChI is InChI=1S/C14H25N5S/c1-4-19(5-2)10-6-7-11(3)17-14-16-9-8-12(18-14)13(15)20/h8-9,11H,4-7,10H2,1-3H3,(H2,15,20)(H,16,17,18). The van der Waals surface area contributed by atoms with Crippen LogP contribution in [0.5, 0.6) is 0 Å². The lowest BCUT2D eigenvalue weighted by Gasteiger charge is -2.19. The number of anilines is 1. The largest absolute Gasteiger partial charge is 0.388 e. The number of hydrogen-bond donors (Lipinski definition) is 2. The molecule has 1 heterocycles. The number of nitrogens with two attached hydrogens (primary N) is 1. The molecule has 1 unspecified atom stereocenters. The summed E-state index contributed by atoms with van der Waals surface area (Å²) in [4.78, 5) is 11.2. The highest BCUT2D eigenvalue weighted by atomic mass is 32.1. The zero-order valence-corrected chi connectivity index (χ0v) is 13.4. The van der Waals surface area contributed by atoms with Crippen molar-refractivity contribution in [3.63, 3.8) is 0 Å². The minimum atomic E-state index is 0.296. The van der Waals surface area contributed by atoms with E-state index in [4.69, 9.17) is 18.0 Å². The molecule has 1 atom stereocenters. The fourth-order valence-electron chi connectivity index (χ4n) is 2.02. The van der Waals surface area contributed by atoms with Gasteiger partial charge in [-0.05, 0) is 45.5 Å². The molecule has 0 aromatic carbocycles. The van der Waals surface area contributed by atoms with Crippen LogP contribution in [0, 0.1) is 0 Å². The summed E-state index contributed by atoms with van der Waals surface area (Å²) < 4.78 is 0. The van der Waals surface area contributed by atoms with Crippen molar-refractivity contribution >= 4 is 23.2 Å². The Bertz CT molecular complexity index is 420. The second-order valence-corrected chi connectivity index (χ2v) is 5.28. The fourth-order valence-corrected chi connectivity index (χ4v) is 2.13. The van der Waals surface area contributed by atoms with Crippen molar-refractivity contribution in [1.29, 1.82) is 0 Å². The Labute approximate surface area is 127 Å². The molecule has 0 aliphatic carbocycles. The number of thiocarbonyl (C=S) groups is 1. The first kappa shape index (κ1) is 16.8. The molecule has 6 heteroatoms. The van der Waals surface area contributed by atoms with Crippen LogP contribution in [0.4, 0.5) is 5.95 Å². The van der Waals surface area contributed by atoms with Gasteiger partial charge in [0.1, 0.15) is 10.7 Å². The zero-order valence-electron chi connectivity index (χ0n) is 12.6. The lowest BCUT2D eigenvalue weighted by atomic mass is 10.2. The Balaban J connectivity index is 2.40. The van der Waals surface area contributed by atoms with E-state index in [9.17, 15) is 0 Å². The molecule has 0 fully saturated rings. The number of aromatic nitrogens is 2. The summed E-state index contributed by atoms with van der Waals surface area (Å²) in [6.45, 7) is 9.88. The highest BCUT2D eigenvalue weighted by molar-refractivity contribution is 7.80. The third-order valence-corrected chi connectivity index (χ3v) is 3.50. The minimum Gasteiger partial charge on any atom is -0.388 e. The summed E-state index contributed by atoms with van der Waals surface area (Å²) in [6, 6.07) is 2.05. The predicted octanol–water partition coefficient (Wildman–Crippen LogP) is 2.03. The number of nitrogens with zero attached hydrogens (tertiary/aromatic N) is 3. The van der Waals surface area contributed by atoms with Gasteiger partial charge in [0.2, 0.25) is 5.95 Å². The number of nitrogens with one attached hydrogen (secondary N) is 1. The average Bonchev–Trinajstić information content (AvgIpc) is 2.44. The van der Waals surface area contributed by atoms with E-state index in [0.29, 0.717) is 22.7 Å². The van der Waals surface area contributed by atoms with Crippen LogP contribution in [0.25, 0.3) is 0 Å². The zero-order chi connectivity index (χ0) is 15.0. The summed E-state index contributed by atoms with van der Waals surface area (Å²) in [7, 11) is 0. The van der Waals surface area contributed by atoms with E-state index in [0.717, 1.165) is 32.5 Å². The maximum absolute atomic E-state index is 5.57. The van der Waals surface area contributed by atoms with E-state index in [1.54, 1.807) is 12.3 Å². The highest BCUT2D eigenvalue weighted by Crippen LogP contribution is 2.07. The topological polar surface area (TPSA) is 67.1 Å². The molecule has 0 aliphatic heterocycles. The van der Waals surface area contributed by atoms with Crippen LogP contribution >= 0.6 is 12.2 Å². The predicted molar refractivity (Wildman–Crippen MR) is 88.0 cm³/mol. The van der Waals surface area contributed by atoms with Gasteiger partial charge < -0.3 is 16.0 Å². The van der Waals surface area contributed by atoms with E-state index in [-0.39, 0.29) is 0 Å². The summed E-state index contributed by atoms with van der Waals surface area (Å²) in [5, 5.41) is 3.29. The van der Waals surface area contributed by atoms with Gasteiger partial charge in [0, 0.05) is 12.2 Å². The smallest absolute Gasteiger partial charge is 0.223 e. The average molecular weight is 295 g/mol. The minimum absolute atomic E-state index is 0.296. The van der Waals surface area contributed by atoms with E-state index >= 15 is 0 Å². The van der Waals surface area contributed by atoms with E-state index in [1.807, 2.05) is 0 Å². The van der Waals surface area contributed by atoms with Crippen molar-refractivity contribution in [2.75, 3.05) is 25.0 Å². The summed E-state index contributed by atoms with van der Waals surface area (Å²) in [5.41, 5.74) is 6.17. The Hall–Kier alpha value is -1.27. The maximum atomic E-state index is 5.57. The Morgan fingerprint density at radius 1 is 1.45 bits per heavy atom. The van der Waals surface area contributed by atoms with Crippen molar-refractivity contribution in [2.45, 2.75) is 39.7 Å². The third kappa shape index (κ3) is 5.79. The first-order chi connectivity index (χ1) is 9.56. The molecule has 3 N–H and O–H groups in total. The van der Waals surface area contributed by atoms with Crippen molar-refractivity contribution in [3.05, 3.63) is 18.0 Å². The Morgan fingerprint density at radius 3 is 2.75 bits per heavy atom. The van der Waals surface area contributed by atoms with Crippen LogP contribution in [0.3, 0.4) is 0 Å². The monoisotopic (exact) mass is 295 g/mol. The van der Waals surface area contributed by atoms with E-state index in [1.165, 1.54) is 0 Å². The molecule has 0 spiro atoms. The van der Waals surface area contributed by atoms with Crippen molar-refractivity contribution in [3.8, 4) is 0 Å². The molecule has 1 aromatic heterocycles. The molecule has 0 saturated carbocycles. The molecule has 0 radical (unpaired) electrons. The second-order valence-electron chi connectivity index (χ2n) is 4.84. The molecule has 112 valence electrons. The van der Waals surface area contributed by atoms with E-state index < -0.39 is 0 Å². The quantitative estimate of drug-likeness (QED) is 0.680. The highest BCUT2D eigenvalue weighted by Gasteiger charge is 2.07. The SMILES string of the molecule is CCN(CC)CCCC(C)Nc1nccc(C(N)=S)n1. The molecule has 0 saturated heterocycles. The lowest BCUT2D eigenvalue weighted by molar-refractivity contribution is 0.295. The van der Waals surface area contributed by atoms with Crippen LogP contribution in [-0.2, 0) is 0 Å². The molecular formula is C14H25N5S. The van der Waals surface area contributed by atoms with Crippen LogP contribution in [0.1, 0.15) is 39.3 Å². The summed E-state index contributed by atoms with van der Waals surface area (Å²) >= 11 is 4.91. The van der Waals surface area contributed by atoms with Crippen molar-refractivity contribution < 1.29 is 0 Å². The third-order valence-electron chi connectivity index (χ3n) is 3.29. The van der Waals surface area contributed by atoms with Gasteiger partial charge in [0.15, 0.2) is 0 Å². The summed E-state index contributed by atoms with van der Waals surface area (Å²) in [6.07, 6.45) is 3.91. The normalized spacial score (nSPS) is 12.4. The Morgan fingerprint density at radius 2 is 2.15 bits per heavy atom. The van der Waals surface area contributed by atoms with E-state index in [2.05, 4.69) is 41.0 Å². The fraction of sp³-hybridized carbons (Fsp3) is 0.643. The maximum Gasteiger partial charge on any atom is 0.223 e. The first-order valence-electron chi connectivity index (χ1n) is 7.18. The van der Waals surface area contributed by atoms with Gasteiger partial charge in [0.25, 0.3) is 0 Å². The van der Waals surface area contributed by atoms with Gasteiger partial charge >= 0.3 is 0 Å². The molecule has 5 nitrogen and oxygen atoms in total. The Kier molecular flexibility index (Phi) is 7.40.